The summed E-state index contributed by atoms with van der Waals surface area (Å²) in [5, 5.41) is 3.98. The second-order valence-corrected chi connectivity index (χ2v) is 7.56. The first-order valence-electron chi connectivity index (χ1n) is 7.62. The number of hydrogen-bond acceptors (Lipinski definition) is 4. The summed E-state index contributed by atoms with van der Waals surface area (Å²) in [5.74, 6) is 0.552. The summed E-state index contributed by atoms with van der Waals surface area (Å²) in [7, 11) is 0. The lowest BCUT2D eigenvalue weighted by Crippen LogP contribution is -2.40. The highest BCUT2D eigenvalue weighted by Crippen LogP contribution is 2.24. The number of rotatable bonds is 5. The smallest absolute Gasteiger partial charge is 0.222 e. The van der Waals surface area contributed by atoms with Gasteiger partial charge >= 0.3 is 0 Å². The molecule has 2 aromatic heterocycles. The zero-order valence-electron chi connectivity index (χ0n) is 12.4. The first-order valence-corrected chi connectivity index (χ1v) is 9.38. The van der Waals surface area contributed by atoms with E-state index in [0.29, 0.717) is 19.5 Å². The summed E-state index contributed by atoms with van der Waals surface area (Å²) in [5.41, 5.74) is 0. The number of carbonyl (C=O) groups is 2. The van der Waals surface area contributed by atoms with Gasteiger partial charge in [-0.15, -0.1) is 22.7 Å². The maximum absolute atomic E-state index is 12.3. The van der Waals surface area contributed by atoms with Gasteiger partial charge in [-0.25, -0.2) is 0 Å². The molecule has 1 aliphatic heterocycles. The highest BCUT2D eigenvalue weighted by Gasteiger charge is 2.28. The fraction of sp³-hybridized carbons (Fsp3) is 0.412. The molecule has 0 spiro atoms. The van der Waals surface area contributed by atoms with Gasteiger partial charge in [0.25, 0.3) is 0 Å². The average Bonchev–Trinajstić information content (AvgIpc) is 3.25. The van der Waals surface area contributed by atoms with Crippen LogP contribution in [0.1, 0.15) is 33.8 Å². The topological polar surface area (TPSA) is 37.4 Å². The van der Waals surface area contributed by atoms with E-state index < -0.39 is 0 Å². The lowest BCUT2D eigenvalue weighted by Gasteiger charge is -2.31. The third kappa shape index (κ3) is 3.65. The van der Waals surface area contributed by atoms with Crippen molar-refractivity contribution >= 4 is 34.4 Å². The Bertz CT molecular complexity index is 611. The van der Waals surface area contributed by atoms with Crippen LogP contribution in [0.4, 0.5) is 0 Å². The molecular weight excluding hydrogens is 314 g/mol. The molecule has 1 amide bonds. The van der Waals surface area contributed by atoms with Crippen molar-refractivity contribution in [1.29, 1.82) is 0 Å². The predicted octanol–water partition coefficient (Wildman–Crippen LogP) is 3.86. The van der Waals surface area contributed by atoms with Gasteiger partial charge < -0.3 is 4.90 Å². The molecule has 0 radical (unpaired) electrons. The van der Waals surface area contributed by atoms with Gasteiger partial charge in [0.1, 0.15) is 0 Å². The van der Waals surface area contributed by atoms with E-state index in [1.54, 1.807) is 11.3 Å². The number of likely N-dealkylation sites (tertiary alicyclic amines) is 1. The molecular formula is C17H19NO2S2. The Hall–Kier alpha value is -1.46. The molecule has 0 aliphatic carbocycles. The van der Waals surface area contributed by atoms with E-state index in [1.807, 2.05) is 33.9 Å². The predicted molar refractivity (Wildman–Crippen MR) is 90.6 cm³/mol. The van der Waals surface area contributed by atoms with Crippen molar-refractivity contribution in [3.05, 3.63) is 44.8 Å². The van der Waals surface area contributed by atoms with Crippen molar-refractivity contribution in [3.63, 3.8) is 0 Å². The van der Waals surface area contributed by atoms with E-state index in [9.17, 15) is 9.59 Å². The molecule has 0 saturated carbocycles. The monoisotopic (exact) mass is 333 g/mol. The van der Waals surface area contributed by atoms with Gasteiger partial charge in [-0.1, -0.05) is 12.1 Å². The second-order valence-electron chi connectivity index (χ2n) is 5.58. The third-order valence-electron chi connectivity index (χ3n) is 4.15. The van der Waals surface area contributed by atoms with Gasteiger partial charge in [-0.2, -0.15) is 0 Å². The first-order chi connectivity index (χ1) is 10.7. The number of piperidine rings is 1. The van der Waals surface area contributed by atoms with Crippen LogP contribution in [0.15, 0.2) is 35.0 Å². The first kappa shape index (κ1) is 15.4. The zero-order chi connectivity index (χ0) is 15.4. The Morgan fingerprint density at radius 1 is 1.09 bits per heavy atom. The number of aryl methyl sites for hydroxylation is 1. The van der Waals surface area contributed by atoms with Crippen LogP contribution in [0, 0.1) is 5.92 Å². The summed E-state index contributed by atoms with van der Waals surface area (Å²) in [6.07, 6.45) is 2.98. The van der Waals surface area contributed by atoms with E-state index >= 15 is 0 Å². The summed E-state index contributed by atoms with van der Waals surface area (Å²) < 4.78 is 0. The quantitative estimate of drug-likeness (QED) is 0.779. The number of amides is 1. The molecule has 3 heterocycles. The van der Waals surface area contributed by atoms with E-state index in [-0.39, 0.29) is 17.6 Å². The Morgan fingerprint density at radius 3 is 2.45 bits per heavy atom. The van der Waals surface area contributed by atoms with E-state index in [4.69, 9.17) is 0 Å². The average molecular weight is 333 g/mol. The molecule has 3 nitrogen and oxygen atoms in total. The number of thiophene rings is 2. The van der Waals surface area contributed by atoms with Crippen LogP contribution in [0.5, 0.6) is 0 Å². The SMILES string of the molecule is O=C(c1cccs1)C1CCN(C(=O)CCc2cccs2)CC1. The van der Waals surface area contributed by atoms with Crippen LogP contribution in [0.25, 0.3) is 0 Å². The number of ketones is 1. The van der Waals surface area contributed by atoms with Gasteiger partial charge in [0.05, 0.1) is 4.88 Å². The van der Waals surface area contributed by atoms with Gasteiger partial charge in [0, 0.05) is 30.3 Å². The molecule has 0 unspecified atom stereocenters. The maximum atomic E-state index is 12.3. The fourth-order valence-corrected chi connectivity index (χ4v) is 4.31. The van der Waals surface area contributed by atoms with Crippen molar-refractivity contribution in [1.82, 2.24) is 4.90 Å². The van der Waals surface area contributed by atoms with Crippen molar-refractivity contribution < 1.29 is 9.59 Å². The highest BCUT2D eigenvalue weighted by atomic mass is 32.1. The lowest BCUT2D eigenvalue weighted by atomic mass is 9.91. The van der Waals surface area contributed by atoms with Crippen LogP contribution >= 0.6 is 22.7 Å². The van der Waals surface area contributed by atoms with Crippen LogP contribution in [0.3, 0.4) is 0 Å². The third-order valence-corrected chi connectivity index (χ3v) is 5.97. The Labute approximate surface area is 138 Å². The fourth-order valence-electron chi connectivity index (χ4n) is 2.85. The van der Waals surface area contributed by atoms with Crippen LogP contribution in [0.2, 0.25) is 0 Å². The van der Waals surface area contributed by atoms with E-state index in [2.05, 4.69) is 6.07 Å². The molecule has 22 heavy (non-hydrogen) atoms. The summed E-state index contributed by atoms with van der Waals surface area (Å²) in [4.78, 5) is 28.6. The lowest BCUT2D eigenvalue weighted by molar-refractivity contribution is -0.132. The number of carbonyl (C=O) groups excluding carboxylic acids is 2. The Kier molecular flexibility index (Phi) is 5.05. The second kappa shape index (κ2) is 7.20. The molecule has 1 aliphatic rings. The standard InChI is InChI=1S/C17H19NO2S2/c19-16(6-5-14-3-1-11-21-14)18-9-7-13(8-10-18)17(20)15-4-2-12-22-15/h1-4,11-13H,5-10H2. The van der Waals surface area contributed by atoms with Crippen molar-refractivity contribution in [2.45, 2.75) is 25.7 Å². The van der Waals surface area contributed by atoms with E-state index in [1.165, 1.54) is 16.2 Å². The molecule has 0 bridgehead atoms. The molecule has 1 fully saturated rings. The molecule has 1 saturated heterocycles. The Morgan fingerprint density at radius 2 is 1.82 bits per heavy atom. The maximum Gasteiger partial charge on any atom is 0.222 e. The summed E-state index contributed by atoms with van der Waals surface area (Å²) >= 11 is 3.21. The van der Waals surface area contributed by atoms with Gasteiger partial charge in [-0.05, 0) is 42.2 Å². The minimum absolute atomic E-state index is 0.0833. The molecule has 0 N–H and O–H groups in total. The zero-order valence-corrected chi connectivity index (χ0v) is 14.0. The van der Waals surface area contributed by atoms with Crippen LogP contribution < -0.4 is 0 Å². The van der Waals surface area contributed by atoms with Crippen LogP contribution in [-0.4, -0.2) is 29.7 Å². The summed E-state index contributed by atoms with van der Waals surface area (Å²) in [6.45, 7) is 1.43. The molecule has 0 atom stereocenters. The molecule has 116 valence electrons. The van der Waals surface area contributed by atoms with Crippen molar-refractivity contribution in [2.75, 3.05) is 13.1 Å². The number of nitrogens with zero attached hydrogens (tertiary/aromatic N) is 1. The minimum atomic E-state index is 0.0833. The van der Waals surface area contributed by atoms with Gasteiger partial charge in [0.15, 0.2) is 5.78 Å². The molecule has 0 aromatic carbocycles. The van der Waals surface area contributed by atoms with Crippen molar-refractivity contribution in [3.8, 4) is 0 Å². The number of Topliss-reactive ketones (excluding diaryl/α,β-unsaturated/α-hetero) is 1. The van der Waals surface area contributed by atoms with Gasteiger partial charge in [-0.3, -0.25) is 9.59 Å². The van der Waals surface area contributed by atoms with Crippen molar-refractivity contribution in [2.24, 2.45) is 5.92 Å². The molecule has 2 aromatic rings. The van der Waals surface area contributed by atoms with E-state index in [0.717, 1.165) is 24.1 Å². The minimum Gasteiger partial charge on any atom is -0.343 e. The normalized spacial score (nSPS) is 15.9. The Balaban J connectivity index is 1.47. The molecule has 3 rings (SSSR count). The summed E-state index contributed by atoms with van der Waals surface area (Å²) in [6, 6.07) is 7.91. The van der Waals surface area contributed by atoms with Gasteiger partial charge in [0.2, 0.25) is 5.91 Å². The highest BCUT2D eigenvalue weighted by molar-refractivity contribution is 7.12. The largest absolute Gasteiger partial charge is 0.343 e. The molecule has 5 heteroatoms. The number of hydrogen-bond donors (Lipinski definition) is 0. The van der Waals surface area contributed by atoms with Crippen LogP contribution in [-0.2, 0) is 11.2 Å².